The van der Waals surface area contributed by atoms with Gasteiger partial charge in [-0.1, -0.05) is 0 Å². The Morgan fingerprint density at radius 1 is 1.06 bits per heavy atom. The van der Waals surface area contributed by atoms with Gasteiger partial charge in [0.15, 0.2) is 0 Å². The fourth-order valence-corrected chi connectivity index (χ4v) is 3.45. The SMILES string of the molecule is CC(C)(C)S(=O)(=O)NC1CCC2(CC1)CC2. The predicted octanol–water partition coefficient (Wildman–Crippen LogP) is 2.43. The Morgan fingerprint density at radius 2 is 1.56 bits per heavy atom. The average Bonchev–Trinajstić information content (AvgIpc) is 2.88. The second-order valence-corrected chi connectivity index (χ2v) is 8.98. The Bertz CT molecular complexity index is 353. The third-order valence-electron chi connectivity index (χ3n) is 4.13. The summed E-state index contributed by atoms with van der Waals surface area (Å²) in [6, 6.07) is 0.176. The lowest BCUT2D eigenvalue weighted by atomic mass is 9.84. The lowest BCUT2D eigenvalue weighted by molar-refractivity contribution is 0.293. The first-order valence-electron chi connectivity index (χ1n) is 6.26. The summed E-state index contributed by atoms with van der Waals surface area (Å²) < 4.78 is 26.2. The highest BCUT2D eigenvalue weighted by Crippen LogP contribution is 2.56. The highest BCUT2D eigenvalue weighted by atomic mass is 32.2. The molecule has 0 heterocycles. The molecule has 2 aliphatic rings. The third kappa shape index (κ3) is 2.43. The van der Waals surface area contributed by atoms with Crippen molar-refractivity contribution in [2.75, 3.05) is 0 Å². The van der Waals surface area contributed by atoms with Crippen molar-refractivity contribution >= 4 is 10.0 Å². The molecule has 2 aliphatic carbocycles. The summed E-state index contributed by atoms with van der Waals surface area (Å²) in [6.45, 7) is 5.25. The van der Waals surface area contributed by atoms with Crippen molar-refractivity contribution in [2.45, 2.75) is 70.1 Å². The molecule has 0 aromatic rings. The number of nitrogens with one attached hydrogen (secondary N) is 1. The smallest absolute Gasteiger partial charge is 0.212 e. The first-order chi connectivity index (χ1) is 7.24. The van der Waals surface area contributed by atoms with Crippen molar-refractivity contribution in [1.82, 2.24) is 4.72 Å². The molecule has 0 radical (unpaired) electrons. The van der Waals surface area contributed by atoms with Gasteiger partial charge < -0.3 is 0 Å². The molecule has 0 amide bonds. The van der Waals surface area contributed by atoms with E-state index in [-0.39, 0.29) is 6.04 Å². The Labute approximate surface area is 99.1 Å². The van der Waals surface area contributed by atoms with Gasteiger partial charge in [-0.15, -0.1) is 0 Å². The lowest BCUT2D eigenvalue weighted by Gasteiger charge is -2.31. The van der Waals surface area contributed by atoms with Crippen molar-refractivity contribution in [3.05, 3.63) is 0 Å². The van der Waals surface area contributed by atoms with Crippen LogP contribution in [-0.2, 0) is 10.0 Å². The summed E-state index contributed by atoms with van der Waals surface area (Å²) >= 11 is 0. The van der Waals surface area contributed by atoms with Crippen LogP contribution in [0, 0.1) is 5.41 Å². The van der Waals surface area contributed by atoms with Gasteiger partial charge in [0.05, 0.1) is 4.75 Å². The zero-order chi connectivity index (χ0) is 12.0. The van der Waals surface area contributed by atoms with E-state index in [1.807, 2.05) is 0 Å². The van der Waals surface area contributed by atoms with E-state index in [1.54, 1.807) is 20.8 Å². The van der Waals surface area contributed by atoms with Crippen LogP contribution in [0.25, 0.3) is 0 Å². The van der Waals surface area contributed by atoms with E-state index in [2.05, 4.69) is 4.72 Å². The molecular formula is C12H23NO2S. The van der Waals surface area contributed by atoms with Gasteiger partial charge in [0.1, 0.15) is 0 Å². The van der Waals surface area contributed by atoms with Crippen molar-refractivity contribution < 1.29 is 8.42 Å². The third-order valence-corrected chi connectivity index (χ3v) is 6.39. The molecule has 0 unspecified atom stereocenters. The number of hydrogen-bond donors (Lipinski definition) is 1. The number of rotatable bonds is 2. The normalized spacial score (nSPS) is 25.9. The molecule has 3 nitrogen and oxygen atoms in total. The minimum Gasteiger partial charge on any atom is -0.212 e. The van der Waals surface area contributed by atoms with E-state index in [0.29, 0.717) is 5.41 Å². The maximum absolute atomic E-state index is 12.0. The van der Waals surface area contributed by atoms with Crippen molar-refractivity contribution in [1.29, 1.82) is 0 Å². The maximum atomic E-state index is 12.0. The molecule has 1 spiro atoms. The van der Waals surface area contributed by atoms with Crippen LogP contribution in [-0.4, -0.2) is 19.2 Å². The van der Waals surface area contributed by atoms with Crippen LogP contribution < -0.4 is 4.72 Å². The Hall–Kier alpha value is -0.0900. The summed E-state index contributed by atoms with van der Waals surface area (Å²) in [5.74, 6) is 0. The summed E-state index contributed by atoms with van der Waals surface area (Å²) in [7, 11) is -3.16. The summed E-state index contributed by atoms with van der Waals surface area (Å²) in [5, 5.41) is 0. The lowest BCUT2D eigenvalue weighted by Crippen LogP contribution is -2.46. The molecule has 0 bridgehead atoms. The van der Waals surface area contributed by atoms with E-state index >= 15 is 0 Å². The van der Waals surface area contributed by atoms with E-state index in [1.165, 1.54) is 25.7 Å². The van der Waals surface area contributed by atoms with Gasteiger partial charge in [0.25, 0.3) is 0 Å². The highest BCUT2D eigenvalue weighted by molar-refractivity contribution is 7.90. The molecule has 4 heteroatoms. The largest absolute Gasteiger partial charge is 0.216 e. The molecule has 0 saturated heterocycles. The molecule has 94 valence electrons. The predicted molar refractivity (Wildman–Crippen MR) is 65.7 cm³/mol. The van der Waals surface area contributed by atoms with Gasteiger partial charge in [-0.25, -0.2) is 13.1 Å². The number of sulfonamides is 1. The Morgan fingerprint density at radius 3 is 1.94 bits per heavy atom. The van der Waals surface area contributed by atoms with Crippen LogP contribution in [0.4, 0.5) is 0 Å². The molecule has 1 N–H and O–H groups in total. The fourth-order valence-electron chi connectivity index (χ4n) is 2.42. The van der Waals surface area contributed by atoms with Crippen molar-refractivity contribution in [3.8, 4) is 0 Å². The van der Waals surface area contributed by atoms with Gasteiger partial charge in [-0.2, -0.15) is 0 Å². The molecule has 2 rings (SSSR count). The van der Waals surface area contributed by atoms with Crippen LogP contribution in [0.3, 0.4) is 0 Å². The minimum absolute atomic E-state index is 0.176. The Kier molecular flexibility index (Phi) is 2.86. The summed E-state index contributed by atoms with van der Waals surface area (Å²) in [4.78, 5) is 0. The van der Waals surface area contributed by atoms with Crippen LogP contribution >= 0.6 is 0 Å². The zero-order valence-electron chi connectivity index (χ0n) is 10.5. The van der Waals surface area contributed by atoms with Crippen LogP contribution in [0.15, 0.2) is 0 Å². The van der Waals surface area contributed by atoms with Gasteiger partial charge in [0.2, 0.25) is 10.0 Å². The van der Waals surface area contributed by atoms with E-state index in [0.717, 1.165) is 12.8 Å². The van der Waals surface area contributed by atoms with Crippen LogP contribution in [0.2, 0.25) is 0 Å². The Balaban J connectivity index is 1.91. The quantitative estimate of drug-likeness (QED) is 0.812. The van der Waals surface area contributed by atoms with Gasteiger partial charge >= 0.3 is 0 Å². The maximum Gasteiger partial charge on any atom is 0.216 e. The van der Waals surface area contributed by atoms with E-state index in [4.69, 9.17) is 0 Å². The molecule has 0 aromatic carbocycles. The molecule has 0 aromatic heterocycles. The van der Waals surface area contributed by atoms with Gasteiger partial charge in [-0.3, -0.25) is 0 Å². The standard InChI is InChI=1S/C12H23NO2S/c1-11(2,3)16(14,15)13-10-4-6-12(7-5-10)8-9-12/h10,13H,4-9H2,1-3H3. The van der Waals surface area contributed by atoms with E-state index in [9.17, 15) is 8.42 Å². The first kappa shape index (κ1) is 12.4. The molecule has 2 saturated carbocycles. The molecule has 0 atom stereocenters. The molecular weight excluding hydrogens is 222 g/mol. The van der Waals surface area contributed by atoms with Crippen molar-refractivity contribution in [2.24, 2.45) is 5.41 Å². The average molecular weight is 245 g/mol. The summed E-state index contributed by atoms with van der Waals surface area (Å²) in [5.41, 5.74) is 0.629. The van der Waals surface area contributed by atoms with Crippen LogP contribution in [0.1, 0.15) is 59.3 Å². The minimum atomic E-state index is -3.16. The van der Waals surface area contributed by atoms with Gasteiger partial charge in [0, 0.05) is 6.04 Å². The second kappa shape index (κ2) is 3.70. The molecule has 16 heavy (non-hydrogen) atoms. The number of hydrogen-bond acceptors (Lipinski definition) is 2. The van der Waals surface area contributed by atoms with Crippen LogP contribution in [0.5, 0.6) is 0 Å². The zero-order valence-corrected chi connectivity index (χ0v) is 11.4. The highest BCUT2D eigenvalue weighted by Gasteiger charge is 2.45. The van der Waals surface area contributed by atoms with Crippen molar-refractivity contribution in [3.63, 3.8) is 0 Å². The topological polar surface area (TPSA) is 46.2 Å². The molecule has 2 fully saturated rings. The molecule has 0 aliphatic heterocycles. The fraction of sp³-hybridized carbons (Fsp3) is 1.00. The second-order valence-electron chi connectivity index (χ2n) is 6.51. The van der Waals surface area contributed by atoms with Gasteiger partial charge in [-0.05, 0) is 64.7 Å². The first-order valence-corrected chi connectivity index (χ1v) is 7.74. The monoisotopic (exact) mass is 245 g/mol. The van der Waals surface area contributed by atoms with E-state index < -0.39 is 14.8 Å². The summed E-state index contributed by atoms with van der Waals surface area (Å²) in [6.07, 6.45) is 7.21.